The van der Waals surface area contributed by atoms with Crippen molar-refractivity contribution in [3.05, 3.63) is 30.2 Å². The van der Waals surface area contributed by atoms with Gasteiger partial charge in [0.15, 0.2) is 0 Å². The molecule has 0 saturated carbocycles. The van der Waals surface area contributed by atoms with Crippen LogP contribution in [0.5, 0.6) is 5.75 Å². The molecule has 0 spiro atoms. The Bertz CT molecular complexity index is 547. The first kappa shape index (κ1) is 12.2. The molecule has 2 aromatic rings. The van der Waals surface area contributed by atoms with E-state index in [1.165, 1.54) is 0 Å². The topological polar surface area (TPSA) is 60.2 Å². The van der Waals surface area contributed by atoms with Crippen molar-refractivity contribution < 1.29 is 9.26 Å². The molecule has 1 atom stereocenters. The molecule has 0 aliphatic carbocycles. The summed E-state index contributed by atoms with van der Waals surface area (Å²) in [6.45, 7) is 4.50. The lowest BCUT2D eigenvalue weighted by atomic mass is 10.1. The highest BCUT2D eigenvalue weighted by Gasteiger charge is 2.23. The van der Waals surface area contributed by atoms with Gasteiger partial charge in [0.25, 0.3) is 0 Å². The van der Waals surface area contributed by atoms with Crippen molar-refractivity contribution >= 4 is 0 Å². The van der Waals surface area contributed by atoms with Gasteiger partial charge in [-0.05, 0) is 32.0 Å². The third kappa shape index (κ3) is 2.46. The van der Waals surface area contributed by atoms with Crippen LogP contribution in [0.4, 0.5) is 0 Å². The molecule has 0 bridgehead atoms. The fourth-order valence-corrected chi connectivity index (χ4v) is 2.31. The molecular weight excluding hydrogens is 242 g/mol. The predicted molar refractivity (Wildman–Crippen MR) is 71.1 cm³/mol. The summed E-state index contributed by atoms with van der Waals surface area (Å²) >= 11 is 0. The molecule has 1 aromatic carbocycles. The summed E-state index contributed by atoms with van der Waals surface area (Å²) in [5.74, 6) is 2.44. The minimum atomic E-state index is 0.334. The molecule has 1 fully saturated rings. The second kappa shape index (κ2) is 5.40. The zero-order valence-corrected chi connectivity index (χ0v) is 10.9. The second-order valence-corrected chi connectivity index (χ2v) is 4.58. The Labute approximate surface area is 112 Å². The van der Waals surface area contributed by atoms with E-state index in [2.05, 4.69) is 15.5 Å². The average molecular weight is 259 g/mol. The maximum absolute atomic E-state index is 5.59. The number of hydrogen-bond acceptors (Lipinski definition) is 5. The minimum Gasteiger partial charge on any atom is -0.493 e. The Morgan fingerprint density at radius 1 is 1.42 bits per heavy atom. The average Bonchev–Trinajstić information content (AvgIpc) is 3.11. The van der Waals surface area contributed by atoms with Gasteiger partial charge in [-0.25, -0.2) is 0 Å². The molecule has 1 aliphatic heterocycles. The predicted octanol–water partition coefficient (Wildman–Crippen LogP) is 2.21. The van der Waals surface area contributed by atoms with E-state index in [-0.39, 0.29) is 0 Å². The second-order valence-electron chi connectivity index (χ2n) is 4.58. The van der Waals surface area contributed by atoms with Crippen molar-refractivity contribution in [3.8, 4) is 17.1 Å². The Morgan fingerprint density at radius 3 is 3.11 bits per heavy atom. The van der Waals surface area contributed by atoms with Gasteiger partial charge in [0, 0.05) is 6.54 Å². The van der Waals surface area contributed by atoms with E-state index in [0.29, 0.717) is 24.2 Å². The first-order chi connectivity index (χ1) is 9.38. The molecule has 19 heavy (non-hydrogen) atoms. The van der Waals surface area contributed by atoms with Crippen molar-refractivity contribution in [2.75, 3.05) is 19.7 Å². The van der Waals surface area contributed by atoms with Crippen LogP contribution in [-0.4, -0.2) is 29.8 Å². The summed E-state index contributed by atoms with van der Waals surface area (Å²) in [6.07, 6.45) is 1.05. The largest absolute Gasteiger partial charge is 0.493 e. The van der Waals surface area contributed by atoms with Crippen LogP contribution in [0.25, 0.3) is 11.4 Å². The summed E-state index contributed by atoms with van der Waals surface area (Å²) in [6, 6.07) is 7.76. The first-order valence-corrected chi connectivity index (χ1v) is 6.65. The summed E-state index contributed by atoms with van der Waals surface area (Å²) in [7, 11) is 0. The molecule has 1 saturated heterocycles. The van der Waals surface area contributed by atoms with E-state index in [1.807, 2.05) is 31.2 Å². The smallest absolute Gasteiger partial charge is 0.231 e. The van der Waals surface area contributed by atoms with Gasteiger partial charge < -0.3 is 14.6 Å². The van der Waals surface area contributed by atoms with E-state index < -0.39 is 0 Å². The highest BCUT2D eigenvalue weighted by Crippen LogP contribution is 2.29. The normalized spacial score (nSPS) is 18.7. The van der Waals surface area contributed by atoms with Crippen molar-refractivity contribution in [3.63, 3.8) is 0 Å². The zero-order valence-electron chi connectivity index (χ0n) is 10.9. The van der Waals surface area contributed by atoms with Gasteiger partial charge >= 0.3 is 0 Å². The van der Waals surface area contributed by atoms with E-state index in [4.69, 9.17) is 9.26 Å². The molecular formula is C14H17N3O2. The molecule has 2 heterocycles. The number of para-hydroxylation sites is 1. The summed E-state index contributed by atoms with van der Waals surface area (Å²) in [4.78, 5) is 4.51. The van der Waals surface area contributed by atoms with Crippen molar-refractivity contribution in [1.82, 2.24) is 15.5 Å². The Balaban J connectivity index is 1.89. The Hall–Kier alpha value is -1.88. The van der Waals surface area contributed by atoms with Crippen LogP contribution in [0.2, 0.25) is 0 Å². The van der Waals surface area contributed by atoms with E-state index >= 15 is 0 Å². The Kier molecular flexibility index (Phi) is 3.46. The zero-order chi connectivity index (χ0) is 13.1. The molecule has 1 aliphatic rings. The summed E-state index contributed by atoms with van der Waals surface area (Å²) < 4.78 is 11.0. The van der Waals surface area contributed by atoms with Crippen molar-refractivity contribution in [1.29, 1.82) is 0 Å². The van der Waals surface area contributed by atoms with Gasteiger partial charge in [-0.2, -0.15) is 4.98 Å². The fraction of sp³-hybridized carbons (Fsp3) is 0.429. The first-order valence-electron chi connectivity index (χ1n) is 6.65. The number of aromatic nitrogens is 2. The number of benzene rings is 1. The van der Waals surface area contributed by atoms with E-state index in [9.17, 15) is 0 Å². The maximum atomic E-state index is 5.59. The van der Waals surface area contributed by atoms with E-state index in [1.54, 1.807) is 0 Å². The standard InChI is InChI=1S/C14H17N3O2/c1-2-18-12-6-4-3-5-11(12)13-16-14(19-17-13)10-7-8-15-9-10/h3-6,10,15H,2,7-9H2,1H3. The van der Waals surface area contributed by atoms with Crippen LogP contribution < -0.4 is 10.1 Å². The third-order valence-electron chi connectivity index (χ3n) is 3.28. The quantitative estimate of drug-likeness (QED) is 0.912. The van der Waals surface area contributed by atoms with Gasteiger partial charge in [0.2, 0.25) is 11.7 Å². The number of ether oxygens (including phenoxy) is 1. The van der Waals surface area contributed by atoms with Gasteiger partial charge in [0.1, 0.15) is 5.75 Å². The van der Waals surface area contributed by atoms with Crippen LogP contribution in [-0.2, 0) is 0 Å². The van der Waals surface area contributed by atoms with E-state index in [0.717, 1.165) is 30.8 Å². The number of nitrogens with zero attached hydrogens (tertiary/aromatic N) is 2. The van der Waals surface area contributed by atoms with Gasteiger partial charge in [-0.3, -0.25) is 0 Å². The van der Waals surface area contributed by atoms with Crippen LogP contribution in [0.15, 0.2) is 28.8 Å². The van der Waals surface area contributed by atoms with Crippen LogP contribution in [0, 0.1) is 0 Å². The van der Waals surface area contributed by atoms with Crippen LogP contribution in [0.3, 0.4) is 0 Å². The lowest BCUT2D eigenvalue weighted by molar-refractivity contribution is 0.340. The van der Waals surface area contributed by atoms with Gasteiger partial charge in [0.05, 0.1) is 18.1 Å². The number of hydrogen-bond donors (Lipinski definition) is 1. The lowest BCUT2D eigenvalue weighted by Gasteiger charge is -2.06. The van der Waals surface area contributed by atoms with Crippen LogP contribution >= 0.6 is 0 Å². The lowest BCUT2D eigenvalue weighted by Crippen LogP contribution is -2.08. The molecule has 5 heteroatoms. The van der Waals surface area contributed by atoms with Crippen LogP contribution in [0.1, 0.15) is 25.2 Å². The SMILES string of the molecule is CCOc1ccccc1-c1noc(C2CCNC2)n1. The molecule has 5 nitrogen and oxygen atoms in total. The molecule has 0 amide bonds. The Morgan fingerprint density at radius 2 is 2.32 bits per heavy atom. The maximum Gasteiger partial charge on any atom is 0.231 e. The van der Waals surface area contributed by atoms with Crippen molar-refractivity contribution in [2.45, 2.75) is 19.3 Å². The third-order valence-corrected chi connectivity index (χ3v) is 3.28. The molecule has 100 valence electrons. The highest BCUT2D eigenvalue weighted by atomic mass is 16.5. The van der Waals surface area contributed by atoms with Crippen molar-refractivity contribution in [2.24, 2.45) is 0 Å². The number of nitrogens with one attached hydrogen (secondary N) is 1. The fourth-order valence-electron chi connectivity index (χ4n) is 2.31. The molecule has 1 N–H and O–H groups in total. The molecule has 3 rings (SSSR count). The number of rotatable bonds is 4. The highest BCUT2D eigenvalue weighted by molar-refractivity contribution is 5.63. The van der Waals surface area contributed by atoms with Gasteiger partial charge in [-0.15, -0.1) is 0 Å². The summed E-state index contributed by atoms with van der Waals surface area (Å²) in [5, 5.41) is 7.38. The molecule has 1 aromatic heterocycles. The monoisotopic (exact) mass is 259 g/mol. The summed E-state index contributed by atoms with van der Waals surface area (Å²) in [5.41, 5.74) is 0.880. The molecule has 1 unspecified atom stereocenters. The molecule has 0 radical (unpaired) electrons. The van der Waals surface area contributed by atoms with Gasteiger partial charge in [-0.1, -0.05) is 17.3 Å². The minimum absolute atomic E-state index is 0.334.